The zero-order valence-corrected chi connectivity index (χ0v) is 20.0. The number of nitrogens with zero attached hydrogens (tertiary/aromatic N) is 1. The Hall–Kier alpha value is -3.32. The summed E-state index contributed by atoms with van der Waals surface area (Å²) in [6.45, 7) is 2.15. The standard InChI is InChI=1S/C27H28N2O4S/c1-18-9-11-19(12-10-18)25(26(30)28-20-6-3-2-4-7-20)29(27(31)24-8-5-15-34-24)21-13-14-22-23(16-21)33-17-32-22/h5,8-16,20,25H,2-4,6-7,17H2,1H3,(H,28,30). The third-order valence-electron chi connectivity index (χ3n) is 6.44. The molecular formula is C27H28N2O4S. The molecule has 1 N–H and O–H groups in total. The number of thiophene rings is 1. The molecule has 1 saturated carbocycles. The number of hydrogen-bond acceptors (Lipinski definition) is 5. The van der Waals surface area contributed by atoms with Gasteiger partial charge in [-0.2, -0.15) is 0 Å². The van der Waals surface area contributed by atoms with Crippen LogP contribution >= 0.6 is 11.3 Å². The molecule has 2 amide bonds. The first-order valence-corrected chi connectivity index (χ1v) is 12.6. The molecule has 2 aliphatic rings. The van der Waals surface area contributed by atoms with Crippen molar-refractivity contribution in [3.63, 3.8) is 0 Å². The van der Waals surface area contributed by atoms with Crippen LogP contribution in [0.1, 0.15) is 58.9 Å². The van der Waals surface area contributed by atoms with Crippen molar-refractivity contribution in [1.29, 1.82) is 0 Å². The second-order valence-electron chi connectivity index (χ2n) is 8.85. The summed E-state index contributed by atoms with van der Waals surface area (Å²) in [5.74, 6) is 0.805. The Morgan fingerprint density at radius 1 is 1.00 bits per heavy atom. The number of hydrogen-bond donors (Lipinski definition) is 1. The molecule has 1 aliphatic carbocycles. The maximum absolute atomic E-state index is 13.9. The van der Waals surface area contributed by atoms with Crippen LogP contribution in [0, 0.1) is 6.92 Å². The fourth-order valence-electron chi connectivity index (χ4n) is 4.63. The molecule has 5 rings (SSSR count). The normalized spacial score (nSPS) is 16.1. The minimum Gasteiger partial charge on any atom is -0.454 e. The van der Waals surface area contributed by atoms with Crippen molar-refractivity contribution < 1.29 is 19.1 Å². The van der Waals surface area contributed by atoms with Gasteiger partial charge in [0.2, 0.25) is 12.7 Å². The third kappa shape index (κ3) is 4.66. The zero-order chi connectivity index (χ0) is 23.5. The average Bonchev–Trinajstić information content (AvgIpc) is 3.55. The number of nitrogens with one attached hydrogen (secondary N) is 1. The van der Waals surface area contributed by atoms with Crippen molar-refractivity contribution in [1.82, 2.24) is 5.32 Å². The largest absolute Gasteiger partial charge is 0.454 e. The number of amides is 2. The summed E-state index contributed by atoms with van der Waals surface area (Å²) in [4.78, 5) is 29.9. The van der Waals surface area contributed by atoms with Crippen molar-refractivity contribution in [2.75, 3.05) is 11.7 Å². The fourth-order valence-corrected chi connectivity index (χ4v) is 5.29. The quantitative estimate of drug-likeness (QED) is 0.501. The number of carbonyl (C=O) groups is 2. The molecule has 1 aliphatic heterocycles. The first kappa shape index (κ1) is 22.5. The lowest BCUT2D eigenvalue weighted by Crippen LogP contribution is -2.47. The van der Waals surface area contributed by atoms with Gasteiger partial charge in [-0.1, -0.05) is 55.2 Å². The number of rotatable bonds is 6. The highest BCUT2D eigenvalue weighted by atomic mass is 32.1. The van der Waals surface area contributed by atoms with Gasteiger partial charge in [-0.3, -0.25) is 14.5 Å². The Morgan fingerprint density at radius 3 is 2.50 bits per heavy atom. The molecule has 1 aromatic heterocycles. The Balaban J connectivity index is 1.58. The molecule has 1 atom stereocenters. The number of aryl methyl sites for hydroxylation is 1. The number of fused-ring (bicyclic) bond motifs is 1. The highest BCUT2D eigenvalue weighted by molar-refractivity contribution is 7.12. The number of anilines is 1. The molecule has 1 fully saturated rings. The van der Waals surface area contributed by atoms with Crippen LogP contribution in [0.4, 0.5) is 5.69 Å². The Labute approximate surface area is 203 Å². The van der Waals surface area contributed by atoms with E-state index in [1.165, 1.54) is 17.8 Å². The lowest BCUT2D eigenvalue weighted by molar-refractivity contribution is -0.123. The van der Waals surface area contributed by atoms with Gasteiger partial charge in [-0.05, 0) is 48.9 Å². The lowest BCUT2D eigenvalue weighted by atomic mass is 9.94. The van der Waals surface area contributed by atoms with Crippen LogP contribution in [0.5, 0.6) is 11.5 Å². The van der Waals surface area contributed by atoms with Crippen LogP contribution in [0.15, 0.2) is 60.0 Å². The van der Waals surface area contributed by atoms with E-state index in [-0.39, 0.29) is 24.6 Å². The highest BCUT2D eigenvalue weighted by Gasteiger charge is 2.35. The fraction of sp³-hybridized carbons (Fsp3) is 0.333. The molecule has 7 heteroatoms. The first-order chi connectivity index (χ1) is 16.6. The molecule has 2 heterocycles. The summed E-state index contributed by atoms with van der Waals surface area (Å²) in [6.07, 6.45) is 5.36. The van der Waals surface area contributed by atoms with Crippen LogP contribution in [0.2, 0.25) is 0 Å². The molecule has 176 valence electrons. The maximum Gasteiger partial charge on any atom is 0.269 e. The highest BCUT2D eigenvalue weighted by Crippen LogP contribution is 2.39. The van der Waals surface area contributed by atoms with E-state index in [1.807, 2.05) is 48.7 Å². The molecule has 0 bridgehead atoms. The molecule has 0 radical (unpaired) electrons. The monoisotopic (exact) mass is 476 g/mol. The van der Waals surface area contributed by atoms with Crippen LogP contribution in [0.3, 0.4) is 0 Å². The summed E-state index contributed by atoms with van der Waals surface area (Å²) in [6, 6.07) is 16.1. The number of benzene rings is 2. The summed E-state index contributed by atoms with van der Waals surface area (Å²) in [5, 5.41) is 5.12. The molecule has 0 spiro atoms. The van der Waals surface area contributed by atoms with Gasteiger partial charge in [0.05, 0.1) is 4.88 Å². The van der Waals surface area contributed by atoms with Crippen LogP contribution in [0.25, 0.3) is 0 Å². The van der Waals surface area contributed by atoms with Gasteiger partial charge in [0.25, 0.3) is 5.91 Å². The van der Waals surface area contributed by atoms with E-state index < -0.39 is 6.04 Å². The summed E-state index contributed by atoms with van der Waals surface area (Å²) < 4.78 is 11.1. The first-order valence-electron chi connectivity index (χ1n) is 11.7. The molecule has 2 aromatic carbocycles. The topological polar surface area (TPSA) is 67.9 Å². The van der Waals surface area contributed by atoms with Gasteiger partial charge in [-0.25, -0.2) is 0 Å². The van der Waals surface area contributed by atoms with Crippen LogP contribution in [-0.4, -0.2) is 24.6 Å². The van der Waals surface area contributed by atoms with E-state index >= 15 is 0 Å². The van der Waals surface area contributed by atoms with E-state index in [1.54, 1.807) is 23.1 Å². The maximum atomic E-state index is 13.9. The third-order valence-corrected chi connectivity index (χ3v) is 7.29. The number of carbonyl (C=O) groups excluding carboxylic acids is 2. The van der Waals surface area contributed by atoms with E-state index in [0.29, 0.717) is 22.1 Å². The van der Waals surface area contributed by atoms with Crippen LogP contribution in [-0.2, 0) is 4.79 Å². The SMILES string of the molecule is Cc1ccc(C(C(=O)NC2CCCCC2)N(C(=O)c2cccs2)c2ccc3c(c2)OCO3)cc1. The summed E-state index contributed by atoms with van der Waals surface area (Å²) in [5.41, 5.74) is 2.45. The zero-order valence-electron chi connectivity index (χ0n) is 19.2. The van der Waals surface area contributed by atoms with E-state index in [2.05, 4.69) is 5.32 Å². The summed E-state index contributed by atoms with van der Waals surface area (Å²) >= 11 is 1.36. The second kappa shape index (κ2) is 9.89. The molecule has 6 nitrogen and oxygen atoms in total. The smallest absolute Gasteiger partial charge is 0.269 e. The Morgan fingerprint density at radius 2 is 1.76 bits per heavy atom. The van der Waals surface area contributed by atoms with Gasteiger partial charge in [0, 0.05) is 17.8 Å². The van der Waals surface area contributed by atoms with E-state index in [9.17, 15) is 9.59 Å². The van der Waals surface area contributed by atoms with Crippen molar-refractivity contribution >= 4 is 28.8 Å². The van der Waals surface area contributed by atoms with Gasteiger partial charge in [-0.15, -0.1) is 11.3 Å². The van der Waals surface area contributed by atoms with E-state index in [4.69, 9.17) is 9.47 Å². The van der Waals surface area contributed by atoms with Crippen LogP contribution < -0.4 is 19.7 Å². The second-order valence-corrected chi connectivity index (χ2v) is 9.79. The molecular weight excluding hydrogens is 448 g/mol. The predicted octanol–water partition coefficient (Wildman–Crippen LogP) is 5.62. The van der Waals surface area contributed by atoms with Gasteiger partial charge in [0.15, 0.2) is 11.5 Å². The number of ether oxygens (including phenoxy) is 2. The van der Waals surface area contributed by atoms with Crippen molar-refractivity contribution in [3.8, 4) is 11.5 Å². The average molecular weight is 477 g/mol. The summed E-state index contributed by atoms with van der Waals surface area (Å²) in [7, 11) is 0. The van der Waals surface area contributed by atoms with Crippen molar-refractivity contribution in [2.24, 2.45) is 0 Å². The molecule has 3 aromatic rings. The minimum absolute atomic E-state index is 0.129. The Kier molecular flexibility index (Phi) is 6.54. The van der Waals surface area contributed by atoms with E-state index in [0.717, 1.165) is 36.8 Å². The van der Waals surface area contributed by atoms with Gasteiger partial charge >= 0.3 is 0 Å². The van der Waals surface area contributed by atoms with Crippen molar-refractivity contribution in [2.45, 2.75) is 51.1 Å². The van der Waals surface area contributed by atoms with Gasteiger partial charge < -0.3 is 14.8 Å². The van der Waals surface area contributed by atoms with Crippen molar-refractivity contribution in [3.05, 3.63) is 76.0 Å². The predicted molar refractivity (Wildman–Crippen MR) is 133 cm³/mol. The minimum atomic E-state index is -0.822. The van der Waals surface area contributed by atoms with Gasteiger partial charge in [0.1, 0.15) is 6.04 Å². The molecule has 34 heavy (non-hydrogen) atoms. The molecule has 1 unspecified atom stereocenters. The molecule has 0 saturated heterocycles. The Bertz CT molecular complexity index is 1150. The lowest BCUT2D eigenvalue weighted by Gasteiger charge is -2.33.